The Morgan fingerprint density at radius 1 is 0.789 bits per heavy atom. The number of fused-ring (bicyclic) bond motifs is 1. The highest BCUT2D eigenvalue weighted by atomic mass is 15.1. The highest BCUT2D eigenvalue weighted by Gasteiger charge is 2.01. The minimum atomic E-state index is 1.18. The molecule has 0 aliphatic heterocycles. The molecule has 2 nitrogen and oxygen atoms in total. The first-order chi connectivity index (χ1) is 9.24. The largest absolute Gasteiger partial charge is 0.378 e. The van der Waals surface area contributed by atoms with Crippen LogP contribution in [-0.2, 0) is 0 Å². The molecule has 0 spiro atoms. The first kappa shape index (κ1) is 11.7. The van der Waals surface area contributed by atoms with E-state index >= 15 is 0 Å². The third-order valence-electron chi connectivity index (χ3n) is 3.36. The second kappa shape index (κ2) is 4.73. The van der Waals surface area contributed by atoms with Crippen molar-refractivity contribution < 1.29 is 0 Å². The summed E-state index contributed by atoms with van der Waals surface area (Å²) in [6.45, 7) is 0. The maximum Gasteiger partial charge on any atom is 0.0361 e. The molecule has 0 aliphatic carbocycles. The molecule has 0 radical (unpaired) electrons. The Hall–Kier alpha value is -2.35. The van der Waals surface area contributed by atoms with Crippen molar-refractivity contribution in [1.29, 1.82) is 0 Å². The predicted octanol–water partition coefficient (Wildman–Crippen LogP) is 3.97. The van der Waals surface area contributed by atoms with Crippen LogP contribution in [0.2, 0.25) is 0 Å². The van der Waals surface area contributed by atoms with Gasteiger partial charge in [-0.3, -0.25) is 4.98 Å². The van der Waals surface area contributed by atoms with Gasteiger partial charge >= 0.3 is 0 Å². The van der Waals surface area contributed by atoms with E-state index in [4.69, 9.17) is 0 Å². The van der Waals surface area contributed by atoms with Crippen LogP contribution in [0.1, 0.15) is 0 Å². The summed E-state index contributed by atoms with van der Waals surface area (Å²) in [5.41, 5.74) is 3.70. The van der Waals surface area contributed by atoms with Gasteiger partial charge in [0.1, 0.15) is 0 Å². The Balaban J connectivity index is 2.03. The van der Waals surface area contributed by atoms with Crippen LogP contribution in [0.25, 0.3) is 21.9 Å². The predicted molar refractivity (Wildman–Crippen MR) is 81.5 cm³/mol. The lowest BCUT2D eigenvalue weighted by molar-refractivity contribution is 1.13. The van der Waals surface area contributed by atoms with E-state index in [9.17, 15) is 0 Å². The number of aromatic nitrogens is 1. The summed E-state index contributed by atoms with van der Waals surface area (Å²) >= 11 is 0. The average molecular weight is 248 g/mol. The van der Waals surface area contributed by atoms with Gasteiger partial charge in [0.25, 0.3) is 0 Å². The van der Waals surface area contributed by atoms with Crippen molar-refractivity contribution in [2.75, 3.05) is 19.0 Å². The van der Waals surface area contributed by atoms with Gasteiger partial charge in [-0.25, -0.2) is 0 Å². The Kier molecular flexibility index (Phi) is 2.92. The van der Waals surface area contributed by atoms with Gasteiger partial charge < -0.3 is 4.90 Å². The zero-order valence-corrected chi connectivity index (χ0v) is 11.2. The fourth-order valence-corrected chi connectivity index (χ4v) is 2.21. The van der Waals surface area contributed by atoms with Crippen molar-refractivity contribution in [3.63, 3.8) is 0 Å². The second-order valence-electron chi connectivity index (χ2n) is 4.88. The topological polar surface area (TPSA) is 16.1 Å². The van der Waals surface area contributed by atoms with Gasteiger partial charge in [-0.15, -0.1) is 0 Å². The molecule has 3 rings (SSSR count). The Morgan fingerprint density at radius 3 is 2.26 bits per heavy atom. The highest BCUT2D eigenvalue weighted by molar-refractivity contribution is 5.86. The first-order valence-corrected chi connectivity index (χ1v) is 6.35. The van der Waals surface area contributed by atoms with E-state index in [0.29, 0.717) is 0 Å². The lowest BCUT2D eigenvalue weighted by Crippen LogP contribution is -2.07. The zero-order chi connectivity index (χ0) is 13.2. The Morgan fingerprint density at radius 2 is 1.53 bits per heavy atom. The van der Waals surface area contributed by atoms with E-state index in [1.54, 1.807) is 0 Å². The summed E-state index contributed by atoms with van der Waals surface area (Å²) in [7, 11) is 4.11. The van der Waals surface area contributed by atoms with E-state index in [2.05, 4.69) is 66.4 Å². The minimum absolute atomic E-state index is 1.18. The van der Waals surface area contributed by atoms with Gasteiger partial charge in [0.2, 0.25) is 0 Å². The number of benzene rings is 2. The molecule has 0 N–H and O–H groups in total. The summed E-state index contributed by atoms with van der Waals surface area (Å²) in [4.78, 5) is 6.25. The van der Waals surface area contributed by atoms with Gasteiger partial charge in [0.05, 0.1) is 0 Å². The van der Waals surface area contributed by atoms with Gasteiger partial charge in [-0.1, -0.05) is 24.3 Å². The summed E-state index contributed by atoms with van der Waals surface area (Å²) in [5, 5.41) is 2.40. The van der Waals surface area contributed by atoms with E-state index in [0.717, 1.165) is 0 Å². The van der Waals surface area contributed by atoms with E-state index in [1.807, 2.05) is 18.5 Å². The fraction of sp³-hybridized carbons (Fsp3) is 0.118. The van der Waals surface area contributed by atoms with Crippen LogP contribution < -0.4 is 4.90 Å². The van der Waals surface area contributed by atoms with E-state index < -0.39 is 0 Å². The van der Waals surface area contributed by atoms with Gasteiger partial charge in [-0.05, 0) is 40.8 Å². The first-order valence-electron chi connectivity index (χ1n) is 6.35. The third-order valence-corrected chi connectivity index (χ3v) is 3.36. The summed E-state index contributed by atoms with van der Waals surface area (Å²) in [5.74, 6) is 0. The number of pyridine rings is 1. The SMILES string of the molecule is CN(C)c1ccc(-c2ccc3cnccc3c2)cc1. The molecule has 1 heterocycles. The van der Waals surface area contributed by atoms with Crippen molar-refractivity contribution in [2.45, 2.75) is 0 Å². The Bertz CT molecular complexity index is 700. The fourth-order valence-electron chi connectivity index (χ4n) is 2.21. The average Bonchev–Trinajstić information content (AvgIpc) is 2.47. The van der Waals surface area contributed by atoms with E-state index in [1.165, 1.54) is 27.6 Å². The molecule has 0 saturated carbocycles. The smallest absolute Gasteiger partial charge is 0.0361 e. The van der Waals surface area contributed by atoms with Crippen molar-refractivity contribution in [3.8, 4) is 11.1 Å². The van der Waals surface area contributed by atoms with Crippen LogP contribution in [0, 0.1) is 0 Å². The molecule has 2 heteroatoms. The van der Waals surface area contributed by atoms with Crippen molar-refractivity contribution >= 4 is 16.5 Å². The summed E-state index contributed by atoms with van der Waals surface area (Å²) in [6, 6.07) is 17.1. The van der Waals surface area contributed by atoms with Crippen LogP contribution >= 0.6 is 0 Å². The number of rotatable bonds is 2. The zero-order valence-electron chi connectivity index (χ0n) is 11.2. The molecule has 0 saturated heterocycles. The lowest BCUT2D eigenvalue weighted by Gasteiger charge is -2.12. The molecular formula is C17H16N2. The van der Waals surface area contributed by atoms with Crippen LogP contribution in [0.5, 0.6) is 0 Å². The molecule has 0 aliphatic rings. The molecule has 3 aromatic rings. The Labute approximate surface area is 113 Å². The number of nitrogens with zero attached hydrogens (tertiary/aromatic N) is 2. The van der Waals surface area contributed by atoms with Crippen molar-refractivity contribution in [1.82, 2.24) is 4.98 Å². The maximum atomic E-state index is 4.14. The third kappa shape index (κ3) is 2.29. The number of anilines is 1. The summed E-state index contributed by atoms with van der Waals surface area (Å²) < 4.78 is 0. The molecular weight excluding hydrogens is 232 g/mol. The van der Waals surface area contributed by atoms with Gasteiger partial charge in [0.15, 0.2) is 0 Å². The van der Waals surface area contributed by atoms with Crippen molar-refractivity contribution in [2.24, 2.45) is 0 Å². The molecule has 0 bridgehead atoms. The minimum Gasteiger partial charge on any atom is -0.378 e. The monoisotopic (exact) mass is 248 g/mol. The summed E-state index contributed by atoms with van der Waals surface area (Å²) in [6.07, 6.45) is 3.73. The molecule has 0 unspecified atom stereocenters. The standard InChI is InChI=1S/C17H16N2/c1-19(2)17-7-5-13(6-8-17)14-3-4-16-12-18-10-9-15(16)11-14/h3-12H,1-2H3. The number of hydrogen-bond acceptors (Lipinski definition) is 2. The van der Waals surface area contributed by atoms with Crippen LogP contribution in [0.4, 0.5) is 5.69 Å². The van der Waals surface area contributed by atoms with Gasteiger partial charge in [-0.2, -0.15) is 0 Å². The van der Waals surface area contributed by atoms with Crippen LogP contribution in [0.15, 0.2) is 60.9 Å². The molecule has 0 fully saturated rings. The molecule has 94 valence electrons. The van der Waals surface area contributed by atoms with Crippen LogP contribution in [-0.4, -0.2) is 19.1 Å². The maximum absolute atomic E-state index is 4.14. The quantitative estimate of drug-likeness (QED) is 0.682. The van der Waals surface area contributed by atoms with Gasteiger partial charge in [0, 0.05) is 37.6 Å². The molecule has 1 aromatic heterocycles. The highest BCUT2D eigenvalue weighted by Crippen LogP contribution is 2.25. The molecule has 2 aromatic carbocycles. The van der Waals surface area contributed by atoms with E-state index in [-0.39, 0.29) is 0 Å². The molecule has 19 heavy (non-hydrogen) atoms. The number of hydrogen-bond donors (Lipinski definition) is 0. The van der Waals surface area contributed by atoms with Crippen molar-refractivity contribution in [3.05, 3.63) is 60.9 Å². The lowest BCUT2D eigenvalue weighted by atomic mass is 10.0. The molecule has 0 atom stereocenters. The van der Waals surface area contributed by atoms with Crippen LogP contribution in [0.3, 0.4) is 0 Å². The second-order valence-corrected chi connectivity index (χ2v) is 4.88. The molecule has 0 amide bonds. The normalized spacial score (nSPS) is 10.6.